The second kappa shape index (κ2) is 14.9. The van der Waals surface area contributed by atoms with Crippen molar-refractivity contribution in [1.29, 1.82) is 0 Å². The molecule has 0 aliphatic carbocycles. The summed E-state index contributed by atoms with van der Waals surface area (Å²) in [5.74, 6) is -0.941. The Kier molecular flexibility index (Phi) is 14.4. The predicted molar refractivity (Wildman–Crippen MR) is 132 cm³/mol. The van der Waals surface area contributed by atoms with Gasteiger partial charge in [0.15, 0.2) is 0 Å². The van der Waals surface area contributed by atoms with E-state index in [2.05, 4.69) is 10.6 Å². The number of amides is 2. The summed E-state index contributed by atoms with van der Waals surface area (Å²) in [4.78, 5) is 25.9. The van der Waals surface area contributed by atoms with Crippen molar-refractivity contribution < 1.29 is 19.8 Å². The minimum Gasteiger partial charge on any atom is -0.388 e. The summed E-state index contributed by atoms with van der Waals surface area (Å²) in [6.07, 6.45) is 6.67. The smallest absolute Gasteiger partial charge is 0.309 e. The van der Waals surface area contributed by atoms with Crippen LogP contribution in [0.2, 0.25) is 0 Å². The van der Waals surface area contributed by atoms with Crippen molar-refractivity contribution in [2.75, 3.05) is 0 Å². The highest BCUT2D eigenvalue weighted by Crippen LogP contribution is 2.29. The molecule has 190 valence electrons. The third-order valence-corrected chi connectivity index (χ3v) is 6.26. The van der Waals surface area contributed by atoms with Gasteiger partial charge in [-0.2, -0.15) is 0 Å². The van der Waals surface area contributed by atoms with Gasteiger partial charge >= 0.3 is 11.8 Å². The number of carbonyl (C=O) groups excluding carboxylic acids is 2. The average Bonchev–Trinajstić information content (AvgIpc) is 2.66. The summed E-state index contributed by atoms with van der Waals surface area (Å²) in [6, 6.07) is -0.983. The van der Waals surface area contributed by atoms with E-state index in [1.807, 2.05) is 55.4 Å². The molecule has 2 amide bonds. The van der Waals surface area contributed by atoms with Crippen molar-refractivity contribution in [1.82, 2.24) is 10.6 Å². The van der Waals surface area contributed by atoms with Gasteiger partial charge in [0.1, 0.15) is 0 Å². The zero-order valence-electron chi connectivity index (χ0n) is 22.1. The fourth-order valence-corrected chi connectivity index (χ4v) is 4.89. The van der Waals surface area contributed by atoms with E-state index in [1.54, 1.807) is 0 Å². The molecule has 0 bridgehead atoms. The molecule has 32 heavy (non-hydrogen) atoms. The standard InChI is InChI=1S/C26H52N2O4/c1-9-13-25(31,14-10-2)21(17-19(5)6)27-23(29)24(30)28-22(18-20(7)8)26(32,15-11-3)16-12-4/h19-22,31-32H,9-18H2,1-8H3,(H,27,29)(H,28,30)/t21-,22-/m1/s1. The molecule has 0 aliphatic heterocycles. The van der Waals surface area contributed by atoms with Gasteiger partial charge in [0, 0.05) is 0 Å². The zero-order valence-corrected chi connectivity index (χ0v) is 22.1. The molecule has 6 heteroatoms. The van der Waals surface area contributed by atoms with Crippen LogP contribution in [0.5, 0.6) is 0 Å². The lowest BCUT2D eigenvalue weighted by molar-refractivity contribution is -0.143. The highest BCUT2D eigenvalue weighted by atomic mass is 16.3. The van der Waals surface area contributed by atoms with Gasteiger partial charge in [-0.05, 0) is 50.4 Å². The SMILES string of the molecule is CCCC(O)(CCC)[C@@H](CC(C)C)NC(=O)C(=O)N[C@H](CC(C)C)C(O)(CCC)CCC. The van der Waals surface area contributed by atoms with Crippen molar-refractivity contribution >= 4 is 11.8 Å². The van der Waals surface area contributed by atoms with Crippen LogP contribution >= 0.6 is 0 Å². The summed E-state index contributed by atoms with van der Waals surface area (Å²) in [6.45, 7) is 16.2. The van der Waals surface area contributed by atoms with Gasteiger partial charge in [0.05, 0.1) is 23.3 Å². The molecule has 0 saturated heterocycles. The van der Waals surface area contributed by atoms with E-state index >= 15 is 0 Å². The topological polar surface area (TPSA) is 98.7 Å². The van der Waals surface area contributed by atoms with Gasteiger partial charge in [-0.1, -0.05) is 81.1 Å². The first-order valence-corrected chi connectivity index (χ1v) is 12.9. The van der Waals surface area contributed by atoms with Crippen molar-refractivity contribution in [3.63, 3.8) is 0 Å². The van der Waals surface area contributed by atoms with Gasteiger partial charge in [-0.25, -0.2) is 0 Å². The molecule has 0 saturated carbocycles. The van der Waals surface area contributed by atoms with E-state index in [1.165, 1.54) is 0 Å². The second-order valence-electron chi connectivity index (χ2n) is 10.5. The number of carbonyl (C=O) groups is 2. The molecule has 0 spiro atoms. The lowest BCUT2D eigenvalue weighted by Gasteiger charge is -2.39. The molecule has 0 heterocycles. The van der Waals surface area contributed by atoms with Crippen LogP contribution in [-0.4, -0.2) is 45.3 Å². The van der Waals surface area contributed by atoms with Crippen molar-refractivity contribution in [3.8, 4) is 0 Å². The van der Waals surface area contributed by atoms with Crippen LogP contribution in [0.15, 0.2) is 0 Å². The molecule has 2 atom stereocenters. The summed E-state index contributed by atoms with van der Waals surface area (Å²) in [5, 5.41) is 28.4. The molecule has 0 fully saturated rings. The molecule has 0 rings (SSSR count). The van der Waals surface area contributed by atoms with Crippen LogP contribution in [0.25, 0.3) is 0 Å². The van der Waals surface area contributed by atoms with Crippen LogP contribution < -0.4 is 10.6 Å². The van der Waals surface area contributed by atoms with Gasteiger partial charge in [0.25, 0.3) is 0 Å². The van der Waals surface area contributed by atoms with Crippen molar-refractivity contribution in [2.24, 2.45) is 11.8 Å². The first-order valence-electron chi connectivity index (χ1n) is 12.9. The highest BCUT2D eigenvalue weighted by molar-refractivity contribution is 6.35. The Balaban J connectivity index is 5.65. The van der Waals surface area contributed by atoms with Gasteiger partial charge in [0.2, 0.25) is 0 Å². The van der Waals surface area contributed by atoms with E-state index in [0.29, 0.717) is 38.5 Å². The monoisotopic (exact) mass is 456 g/mol. The number of aliphatic hydroxyl groups is 2. The highest BCUT2D eigenvalue weighted by Gasteiger charge is 2.40. The van der Waals surface area contributed by atoms with Gasteiger partial charge in [-0.15, -0.1) is 0 Å². The maximum atomic E-state index is 12.9. The summed E-state index contributed by atoms with van der Waals surface area (Å²) in [5.41, 5.74) is -2.07. The molecule has 0 unspecified atom stereocenters. The molecule has 4 N–H and O–H groups in total. The lowest BCUT2D eigenvalue weighted by atomic mass is 9.80. The minimum absolute atomic E-state index is 0.261. The van der Waals surface area contributed by atoms with Crippen LogP contribution in [0.1, 0.15) is 120 Å². The molecule has 0 radical (unpaired) electrons. The van der Waals surface area contributed by atoms with Crippen LogP contribution in [0, 0.1) is 11.8 Å². The molecule has 0 aliphatic rings. The van der Waals surface area contributed by atoms with Crippen LogP contribution in [0.4, 0.5) is 0 Å². The minimum atomic E-state index is -1.04. The maximum Gasteiger partial charge on any atom is 0.309 e. The van der Waals surface area contributed by atoms with E-state index < -0.39 is 35.1 Å². The largest absolute Gasteiger partial charge is 0.388 e. The Labute approximate surface area is 197 Å². The summed E-state index contributed by atoms with van der Waals surface area (Å²) < 4.78 is 0. The Morgan fingerprint density at radius 3 is 1.06 bits per heavy atom. The Morgan fingerprint density at radius 1 is 0.625 bits per heavy atom. The van der Waals surface area contributed by atoms with E-state index in [9.17, 15) is 19.8 Å². The van der Waals surface area contributed by atoms with E-state index in [-0.39, 0.29) is 11.8 Å². The molecule has 0 aromatic rings. The van der Waals surface area contributed by atoms with E-state index in [0.717, 1.165) is 25.7 Å². The fourth-order valence-electron chi connectivity index (χ4n) is 4.89. The Bertz CT molecular complexity index is 488. The molecular weight excluding hydrogens is 404 g/mol. The van der Waals surface area contributed by atoms with Crippen molar-refractivity contribution in [2.45, 2.75) is 143 Å². The Hall–Kier alpha value is -1.14. The maximum absolute atomic E-state index is 12.9. The van der Waals surface area contributed by atoms with Gasteiger partial charge < -0.3 is 20.8 Å². The normalized spacial score (nSPS) is 14.5. The van der Waals surface area contributed by atoms with Crippen LogP contribution in [-0.2, 0) is 9.59 Å². The third-order valence-electron chi connectivity index (χ3n) is 6.26. The first kappa shape index (κ1) is 30.9. The van der Waals surface area contributed by atoms with Gasteiger partial charge in [-0.3, -0.25) is 9.59 Å². The third kappa shape index (κ3) is 10.2. The molecule has 0 aromatic heterocycles. The number of nitrogens with one attached hydrogen (secondary N) is 2. The molecule has 6 nitrogen and oxygen atoms in total. The van der Waals surface area contributed by atoms with E-state index in [4.69, 9.17) is 0 Å². The average molecular weight is 457 g/mol. The lowest BCUT2D eigenvalue weighted by Crippen LogP contribution is -2.59. The van der Waals surface area contributed by atoms with Crippen LogP contribution in [0.3, 0.4) is 0 Å². The summed E-state index contributed by atoms with van der Waals surface area (Å²) >= 11 is 0. The fraction of sp³-hybridized carbons (Fsp3) is 0.923. The zero-order chi connectivity index (χ0) is 24.9. The predicted octanol–water partition coefficient (Wildman–Crippen LogP) is 4.71. The number of rotatable bonds is 16. The quantitative estimate of drug-likeness (QED) is 0.253. The summed E-state index contributed by atoms with van der Waals surface area (Å²) in [7, 11) is 0. The second-order valence-corrected chi connectivity index (χ2v) is 10.5. The van der Waals surface area contributed by atoms with Crippen molar-refractivity contribution in [3.05, 3.63) is 0 Å². The number of hydrogen-bond donors (Lipinski definition) is 4. The molecule has 0 aromatic carbocycles. The first-order chi connectivity index (χ1) is 14.9. The Morgan fingerprint density at radius 2 is 0.875 bits per heavy atom. The molecular formula is C26H52N2O4. The number of hydrogen-bond acceptors (Lipinski definition) is 4.